The molecule has 1 atom stereocenters. The van der Waals surface area contributed by atoms with Gasteiger partial charge >= 0.3 is 5.97 Å². The summed E-state index contributed by atoms with van der Waals surface area (Å²) in [6.07, 6.45) is 2.02. The predicted molar refractivity (Wildman–Crippen MR) is 164 cm³/mol. The highest BCUT2D eigenvalue weighted by Crippen LogP contribution is 2.33. The number of aliphatic carboxylic acids is 1. The Hall–Kier alpha value is -4.62. The fraction of sp³-hybridized carbons (Fsp3) is 0.206. The van der Waals surface area contributed by atoms with E-state index >= 15 is 0 Å². The molecule has 214 valence electrons. The van der Waals surface area contributed by atoms with Crippen LogP contribution >= 0.6 is 11.6 Å². The van der Waals surface area contributed by atoms with E-state index in [9.17, 15) is 19.5 Å². The SMILES string of the molecule is O=C(c1ccccc1)c1ccccc1N[C@@H](Cc1ccc(OCCN(C(=O)C2CC2)c2ccc(Cl)cc2)cc1)C(=O)O. The Labute approximate surface area is 249 Å². The Morgan fingerprint density at radius 2 is 1.55 bits per heavy atom. The average Bonchev–Trinajstić information content (AvgIpc) is 3.86. The van der Waals surface area contributed by atoms with Crippen molar-refractivity contribution in [1.29, 1.82) is 0 Å². The molecule has 1 aliphatic rings. The van der Waals surface area contributed by atoms with Gasteiger partial charge in [-0.05, 0) is 66.9 Å². The van der Waals surface area contributed by atoms with Crippen molar-refractivity contribution < 1.29 is 24.2 Å². The first kappa shape index (κ1) is 28.9. The van der Waals surface area contributed by atoms with E-state index in [0.717, 1.165) is 24.1 Å². The average molecular weight is 583 g/mol. The van der Waals surface area contributed by atoms with E-state index in [1.54, 1.807) is 77.7 Å². The minimum absolute atomic E-state index is 0.0687. The number of carbonyl (C=O) groups excluding carboxylic acids is 2. The standard InChI is InChI=1S/C34H31ClN2O5/c35-26-14-16-27(17-15-26)37(33(39)25-12-13-25)20-21-42-28-18-10-23(11-19-28)22-31(34(40)41)36-30-9-5-4-8-29(30)32(38)24-6-2-1-3-7-24/h1-11,14-19,25,31,36H,12-13,20-22H2,(H,40,41)/t31-/m0/s1. The van der Waals surface area contributed by atoms with Crippen molar-refractivity contribution in [2.24, 2.45) is 5.92 Å². The summed E-state index contributed by atoms with van der Waals surface area (Å²) < 4.78 is 5.93. The molecule has 0 spiro atoms. The lowest BCUT2D eigenvalue weighted by atomic mass is 10.00. The van der Waals surface area contributed by atoms with Crippen LogP contribution < -0.4 is 15.0 Å². The maximum Gasteiger partial charge on any atom is 0.326 e. The Morgan fingerprint density at radius 3 is 2.21 bits per heavy atom. The van der Waals surface area contributed by atoms with E-state index in [4.69, 9.17) is 16.3 Å². The van der Waals surface area contributed by atoms with E-state index in [1.807, 2.05) is 30.3 Å². The number of ketones is 1. The van der Waals surface area contributed by atoms with Gasteiger partial charge in [-0.3, -0.25) is 9.59 Å². The summed E-state index contributed by atoms with van der Waals surface area (Å²) in [7, 11) is 0. The van der Waals surface area contributed by atoms with Crippen LogP contribution in [0, 0.1) is 5.92 Å². The lowest BCUT2D eigenvalue weighted by Crippen LogP contribution is -2.35. The Bertz CT molecular complexity index is 1540. The zero-order chi connectivity index (χ0) is 29.5. The quantitative estimate of drug-likeness (QED) is 0.175. The molecule has 5 rings (SSSR count). The topological polar surface area (TPSA) is 95.9 Å². The second-order valence-electron chi connectivity index (χ2n) is 10.2. The van der Waals surface area contributed by atoms with Gasteiger partial charge in [0.15, 0.2) is 5.78 Å². The smallest absolute Gasteiger partial charge is 0.326 e. The van der Waals surface area contributed by atoms with Crippen molar-refractivity contribution in [2.45, 2.75) is 25.3 Å². The Kier molecular flexibility index (Phi) is 9.19. The minimum atomic E-state index is -1.03. The van der Waals surface area contributed by atoms with Gasteiger partial charge in [-0.15, -0.1) is 0 Å². The van der Waals surface area contributed by atoms with Gasteiger partial charge in [0, 0.05) is 39.9 Å². The number of nitrogens with one attached hydrogen (secondary N) is 1. The number of amides is 1. The monoisotopic (exact) mass is 582 g/mol. The van der Waals surface area contributed by atoms with Crippen LogP contribution in [0.15, 0.2) is 103 Å². The number of benzene rings is 4. The Morgan fingerprint density at radius 1 is 0.881 bits per heavy atom. The van der Waals surface area contributed by atoms with Crippen LogP contribution in [0.4, 0.5) is 11.4 Å². The number of hydrogen-bond acceptors (Lipinski definition) is 5. The van der Waals surface area contributed by atoms with Gasteiger partial charge in [-0.2, -0.15) is 0 Å². The van der Waals surface area contributed by atoms with Crippen LogP contribution in [0.2, 0.25) is 5.02 Å². The zero-order valence-electron chi connectivity index (χ0n) is 22.9. The molecule has 7 nitrogen and oxygen atoms in total. The fourth-order valence-electron chi connectivity index (χ4n) is 4.69. The summed E-state index contributed by atoms with van der Waals surface area (Å²) in [5.74, 6) is -0.431. The number of anilines is 2. The number of carboxylic acid groups (broad SMARTS) is 1. The first-order valence-electron chi connectivity index (χ1n) is 13.9. The molecule has 1 aliphatic carbocycles. The summed E-state index contributed by atoms with van der Waals surface area (Å²) >= 11 is 6.02. The molecule has 8 heteroatoms. The largest absolute Gasteiger partial charge is 0.492 e. The van der Waals surface area contributed by atoms with Crippen LogP contribution in [0.3, 0.4) is 0 Å². The molecule has 0 aromatic heterocycles. The molecule has 0 unspecified atom stereocenters. The van der Waals surface area contributed by atoms with Crippen molar-refractivity contribution >= 4 is 40.6 Å². The van der Waals surface area contributed by atoms with Crippen LogP contribution in [0.25, 0.3) is 0 Å². The van der Waals surface area contributed by atoms with Gasteiger partial charge in [0.2, 0.25) is 5.91 Å². The van der Waals surface area contributed by atoms with Crippen LogP contribution in [0.5, 0.6) is 5.75 Å². The molecule has 1 fully saturated rings. The fourth-order valence-corrected chi connectivity index (χ4v) is 4.82. The van der Waals surface area contributed by atoms with E-state index < -0.39 is 12.0 Å². The summed E-state index contributed by atoms with van der Waals surface area (Å²) in [6, 6.07) is 29.3. The first-order valence-corrected chi connectivity index (χ1v) is 14.2. The van der Waals surface area contributed by atoms with Crippen molar-refractivity contribution in [3.05, 3.63) is 125 Å². The molecule has 0 aliphatic heterocycles. The second kappa shape index (κ2) is 13.4. The van der Waals surface area contributed by atoms with Gasteiger partial charge in [-0.25, -0.2) is 4.79 Å². The van der Waals surface area contributed by atoms with Crippen molar-refractivity contribution in [2.75, 3.05) is 23.4 Å². The lowest BCUT2D eigenvalue weighted by molar-refractivity contribution is -0.137. The summed E-state index contributed by atoms with van der Waals surface area (Å²) in [5.41, 5.74) is 2.98. The van der Waals surface area contributed by atoms with Gasteiger partial charge in [0.25, 0.3) is 0 Å². The van der Waals surface area contributed by atoms with Gasteiger partial charge in [0.05, 0.1) is 6.54 Å². The molecule has 0 radical (unpaired) electrons. The molecule has 1 amide bonds. The summed E-state index contributed by atoms with van der Waals surface area (Å²) in [5, 5.41) is 13.6. The third kappa shape index (κ3) is 7.36. The van der Waals surface area contributed by atoms with E-state index in [-0.39, 0.29) is 24.0 Å². The highest BCUT2D eigenvalue weighted by atomic mass is 35.5. The third-order valence-electron chi connectivity index (χ3n) is 7.11. The molecule has 2 N–H and O–H groups in total. The number of para-hydroxylation sites is 1. The number of halogens is 1. The highest BCUT2D eigenvalue weighted by Gasteiger charge is 2.34. The van der Waals surface area contributed by atoms with Crippen molar-refractivity contribution in [3.8, 4) is 5.75 Å². The number of carbonyl (C=O) groups is 3. The zero-order valence-corrected chi connectivity index (χ0v) is 23.7. The van der Waals surface area contributed by atoms with Gasteiger partial charge in [-0.1, -0.05) is 66.2 Å². The summed E-state index contributed by atoms with van der Waals surface area (Å²) in [6.45, 7) is 0.691. The molecule has 0 bridgehead atoms. The normalized spacial score (nSPS) is 13.2. The number of nitrogens with zero attached hydrogens (tertiary/aromatic N) is 1. The molecule has 42 heavy (non-hydrogen) atoms. The number of ether oxygens (including phenoxy) is 1. The van der Waals surface area contributed by atoms with Gasteiger partial charge < -0.3 is 20.1 Å². The number of rotatable bonds is 13. The second-order valence-corrected chi connectivity index (χ2v) is 10.6. The van der Waals surface area contributed by atoms with E-state index in [2.05, 4.69) is 5.32 Å². The van der Waals surface area contributed by atoms with Crippen molar-refractivity contribution in [3.63, 3.8) is 0 Å². The minimum Gasteiger partial charge on any atom is -0.492 e. The first-order chi connectivity index (χ1) is 20.4. The molecular formula is C34H31ClN2O5. The van der Waals surface area contributed by atoms with Gasteiger partial charge in [0.1, 0.15) is 18.4 Å². The van der Waals surface area contributed by atoms with Crippen molar-refractivity contribution in [1.82, 2.24) is 0 Å². The van der Waals surface area contributed by atoms with Crippen LogP contribution in [-0.4, -0.2) is 42.0 Å². The summed E-state index contributed by atoms with van der Waals surface area (Å²) in [4.78, 5) is 39.8. The highest BCUT2D eigenvalue weighted by molar-refractivity contribution is 6.30. The molecule has 0 heterocycles. The molecule has 1 saturated carbocycles. The number of carboxylic acids is 1. The van der Waals surface area contributed by atoms with E-state index in [0.29, 0.717) is 40.7 Å². The molecule has 4 aromatic rings. The number of hydrogen-bond donors (Lipinski definition) is 2. The van der Waals surface area contributed by atoms with E-state index in [1.165, 1.54) is 0 Å². The van der Waals surface area contributed by atoms with Crippen LogP contribution in [0.1, 0.15) is 34.3 Å². The molecule has 0 saturated heterocycles. The maximum atomic E-state index is 13.1. The third-order valence-corrected chi connectivity index (χ3v) is 7.37. The van der Waals surface area contributed by atoms with Crippen LogP contribution in [-0.2, 0) is 16.0 Å². The molecule has 4 aromatic carbocycles. The Balaban J connectivity index is 1.20. The predicted octanol–water partition coefficient (Wildman–Crippen LogP) is 6.50. The molecular weight excluding hydrogens is 552 g/mol. The lowest BCUT2D eigenvalue weighted by Gasteiger charge is -2.23. The maximum absolute atomic E-state index is 13.1.